The lowest BCUT2D eigenvalue weighted by molar-refractivity contribution is -0.136. The van der Waals surface area contributed by atoms with Crippen molar-refractivity contribution in [3.63, 3.8) is 0 Å². The van der Waals surface area contributed by atoms with Crippen molar-refractivity contribution in [1.29, 1.82) is 0 Å². The van der Waals surface area contributed by atoms with E-state index in [-0.39, 0.29) is 37.1 Å². The molecule has 0 aromatic heterocycles. The predicted octanol–water partition coefficient (Wildman–Crippen LogP) is 1.14. The number of carboxylic acids is 1. The lowest BCUT2D eigenvalue weighted by Crippen LogP contribution is -2.25. The quantitative estimate of drug-likeness (QED) is 0.504. The number of aliphatic carboxylic acids is 1. The van der Waals surface area contributed by atoms with Crippen molar-refractivity contribution in [3.05, 3.63) is 29.8 Å². The third-order valence-electron chi connectivity index (χ3n) is 3.24. The topological polar surface area (TPSA) is 125 Å². The van der Waals surface area contributed by atoms with E-state index in [2.05, 4.69) is 16.0 Å². The highest BCUT2D eigenvalue weighted by Crippen LogP contribution is 2.10. The molecule has 0 radical (unpaired) electrons. The van der Waals surface area contributed by atoms with E-state index in [1.807, 2.05) is 6.92 Å². The number of carbonyl (C=O) groups is 4. The van der Waals surface area contributed by atoms with Crippen LogP contribution < -0.4 is 16.0 Å². The Hall–Kier alpha value is -2.90. The molecule has 136 valence electrons. The molecule has 0 bridgehead atoms. The van der Waals surface area contributed by atoms with E-state index in [1.165, 1.54) is 0 Å². The van der Waals surface area contributed by atoms with Crippen LogP contribution >= 0.6 is 0 Å². The molecule has 1 aromatic rings. The zero-order valence-electron chi connectivity index (χ0n) is 14.1. The molecule has 3 amide bonds. The summed E-state index contributed by atoms with van der Waals surface area (Å²) < 4.78 is 0. The first-order chi connectivity index (χ1) is 11.9. The second-order valence-corrected chi connectivity index (χ2v) is 5.33. The van der Waals surface area contributed by atoms with Crippen molar-refractivity contribution >= 4 is 29.4 Å². The van der Waals surface area contributed by atoms with E-state index in [0.29, 0.717) is 30.6 Å². The van der Waals surface area contributed by atoms with Gasteiger partial charge in [0.1, 0.15) is 0 Å². The number of amides is 3. The Morgan fingerprint density at radius 1 is 0.920 bits per heavy atom. The monoisotopic (exact) mass is 349 g/mol. The van der Waals surface area contributed by atoms with Gasteiger partial charge in [-0.05, 0) is 37.6 Å². The Labute approximate surface area is 146 Å². The molecule has 25 heavy (non-hydrogen) atoms. The molecule has 0 aliphatic carbocycles. The summed E-state index contributed by atoms with van der Waals surface area (Å²) in [4.78, 5) is 45.3. The number of benzene rings is 1. The van der Waals surface area contributed by atoms with Gasteiger partial charge in [0.15, 0.2) is 0 Å². The third-order valence-corrected chi connectivity index (χ3v) is 3.24. The van der Waals surface area contributed by atoms with Crippen molar-refractivity contribution in [3.8, 4) is 0 Å². The number of nitrogens with one attached hydrogen (secondary N) is 3. The van der Waals surface area contributed by atoms with Crippen LogP contribution in [0.3, 0.4) is 0 Å². The maximum absolute atomic E-state index is 11.8. The first-order valence-corrected chi connectivity index (χ1v) is 8.09. The molecule has 0 aliphatic rings. The van der Waals surface area contributed by atoms with Gasteiger partial charge in [-0.2, -0.15) is 0 Å². The van der Waals surface area contributed by atoms with E-state index in [4.69, 9.17) is 5.11 Å². The number of hydrogen-bond acceptors (Lipinski definition) is 4. The van der Waals surface area contributed by atoms with Gasteiger partial charge in [0.25, 0.3) is 5.91 Å². The van der Waals surface area contributed by atoms with Crippen molar-refractivity contribution in [2.45, 2.75) is 32.6 Å². The van der Waals surface area contributed by atoms with Crippen LogP contribution in [-0.4, -0.2) is 41.9 Å². The van der Waals surface area contributed by atoms with Gasteiger partial charge in [0.2, 0.25) is 11.8 Å². The smallest absolute Gasteiger partial charge is 0.305 e. The number of anilines is 1. The van der Waals surface area contributed by atoms with Gasteiger partial charge in [-0.1, -0.05) is 0 Å². The van der Waals surface area contributed by atoms with Crippen LogP contribution in [-0.2, 0) is 14.4 Å². The molecule has 8 heteroatoms. The predicted molar refractivity (Wildman–Crippen MR) is 92.2 cm³/mol. The molecule has 0 atom stereocenters. The molecule has 8 nitrogen and oxygen atoms in total. The standard InChI is InChI=1S/C17H23N3O5/c1-2-18-14(21)4-3-5-15(22)20-13-8-6-12(7-9-13)17(25)19-11-10-16(23)24/h6-9H,2-5,10-11H2,1H3,(H,18,21)(H,19,25)(H,20,22)(H,23,24). The highest BCUT2D eigenvalue weighted by molar-refractivity contribution is 5.96. The number of hydrogen-bond donors (Lipinski definition) is 4. The molecule has 0 unspecified atom stereocenters. The van der Waals surface area contributed by atoms with Crippen molar-refractivity contribution < 1.29 is 24.3 Å². The summed E-state index contributed by atoms with van der Waals surface area (Å²) in [7, 11) is 0. The minimum atomic E-state index is -0.981. The van der Waals surface area contributed by atoms with Crippen molar-refractivity contribution in [1.82, 2.24) is 10.6 Å². The summed E-state index contributed by atoms with van der Waals surface area (Å²) in [5.74, 6) is -1.64. The van der Waals surface area contributed by atoms with Crippen LogP contribution in [0.4, 0.5) is 5.69 Å². The molecule has 0 heterocycles. The Balaban J connectivity index is 2.38. The largest absolute Gasteiger partial charge is 0.481 e. The normalized spacial score (nSPS) is 9.96. The SMILES string of the molecule is CCNC(=O)CCCC(=O)Nc1ccc(C(=O)NCCC(=O)O)cc1. The van der Waals surface area contributed by atoms with Crippen LogP contribution in [0.2, 0.25) is 0 Å². The van der Waals surface area contributed by atoms with Gasteiger partial charge in [-0.25, -0.2) is 0 Å². The van der Waals surface area contributed by atoms with E-state index < -0.39 is 5.97 Å². The number of carbonyl (C=O) groups excluding carboxylic acids is 3. The van der Waals surface area contributed by atoms with E-state index in [0.717, 1.165) is 0 Å². The molecule has 1 aromatic carbocycles. The van der Waals surface area contributed by atoms with Gasteiger partial charge in [0.05, 0.1) is 6.42 Å². The van der Waals surface area contributed by atoms with E-state index in [9.17, 15) is 19.2 Å². The van der Waals surface area contributed by atoms with Gasteiger partial charge >= 0.3 is 5.97 Å². The van der Waals surface area contributed by atoms with Crippen LogP contribution in [0, 0.1) is 0 Å². The number of carboxylic acid groups (broad SMARTS) is 1. The third kappa shape index (κ3) is 8.50. The zero-order chi connectivity index (χ0) is 18.7. The molecule has 0 saturated heterocycles. The van der Waals surface area contributed by atoms with Crippen LogP contribution in [0.5, 0.6) is 0 Å². The molecular formula is C17H23N3O5. The minimum absolute atomic E-state index is 0.0538. The lowest BCUT2D eigenvalue weighted by Gasteiger charge is -2.07. The summed E-state index contributed by atoms with van der Waals surface area (Å²) in [5.41, 5.74) is 0.921. The van der Waals surface area contributed by atoms with E-state index >= 15 is 0 Å². The molecule has 0 fully saturated rings. The maximum Gasteiger partial charge on any atom is 0.305 e. The Bertz CT molecular complexity index is 613. The summed E-state index contributed by atoms with van der Waals surface area (Å²) in [6.45, 7) is 2.46. The van der Waals surface area contributed by atoms with E-state index in [1.54, 1.807) is 24.3 Å². The fourth-order valence-electron chi connectivity index (χ4n) is 2.01. The molecular weight excluding hydrogens is 326 g/mol. The molecule has 1 rings (SSSR count). The Kier molecular flexibility index (Phi) is 8.70. The minimum Gasteiger partial charge on any atom is -0.481 e. The van der Waals surface area contributed by atoms with Crippen molar-refractivity contribution in [2.24, 2.45) is 0 Å². The Morgan fingerprint density at radius 3 is 2.16 bits per heavy atom. The van der Waals surface area contributed by atoms with Crippen molar-refractivity contribution in [2.75, 3.05) is 18.4 Å². The fraction of sp³-hybridized carbons (Fsp3) is 0.412. The van der Waals surface area contributed by atoms with Gasteiger partial charge in [-0.15, -0.1) is 0 Å². The van der Waals surface area contributed by atoms with Crippen LogP contribution in [0.25, 0.3) is 0 Å². The summed E-state index contributed by atoms with van der Waals surface area (Å²) in [6, 6.07) is 6.27. The van der Waals surface area contributed by atoms with Gasteiger partial charge in [-0.3, -0.25) is 19.2 Å². The first kappa shape index (κ1) is 20.1. The average Bonchev–Trinajstić information content (AvgIpc) is 2.55. The molecule has 4 N–H and O–H groups in total. The number of rotatable bonds is 10. The highest BCUT2D eigenvalue weighted by Gasteiger charge is 2.08. The lowest BCUT2D eigenvalue weighted by atomic mass is 10.1. The fourth-order valence-corrected chi connectivity index (χ4v) is 2.01. The molecule has 0 spiro atoms. The Morgan fingerprint density at radius 2 is 1.56 bits per heavy atom. The second-order valence-electron chi connectivity index (χ2n) is 5.33. The maximum atomic E-state index is 11.8. The van der Waals surface area contributed by atoms with Crippen LogP contribution in [0.1, 0.15) is 43.0 Å². The molecule has 0 saturated carbocycles. The summed E-state index contributed by atoms with van der Waals surface area (Å²) >= 11 is 0. The van der Waals surface area contributed by atoms with Gasteiger partial charge < -0.3 is 21.1 Å². The summed E-state index contributed by atoms with van der Waals surface area (Å²) in [5, 5.41) is 16.4. The second kappa shape index (κ2) is 10.8. The molecule has 0 aliphatic heterocycles. The average molecular weight is 349 g/mol. The highest BCUT2D eigenvalue weighted by atomic mass is 16.4. The van der Waals surface area contributed by atoms with Gasteiger partial charge in [0, 0.05) is 37.2 Å². The van der Waals surface area contributed by atoms with Crippen LogP contribution in [0.15, 0.2) is 24.3 Å². The first-order valence-electron chi connectivity index (χ1n) is 8.09. The zero-order valence-corrected chi connectivity index (χ0v) is 14.1. The summed E-state index contributed by atoms with van der Waals surface area (Å²) in [6.07, 6.45) is 0.850.